The number of ether oxygens (including phenoxy) is 1. The maximum Gasteiger partial charge on any atom is 0.134 e. The number of benzene rings is 3. The van der Waals surface area contributed by atoms with Crippen molar-refractivity contribution < 1.29 is 9.13 Å². The summed E-state index contributed by atoms with van der Waals surface area (Å²) in [5, 5.41) is 1.57. The van der Waals surface area contributed by atoms with Crippen molar-refractivity contribution in [1.82, 2.24) is 0 Å². The molecule has 3 aromatic carbocycles. The highest BCUT2D eigenvalue weighted by Crippen LogP contribution is 2.38. The van der Waals surface area contributed by atoms with Gasteiger partial charge in [-0.15, -0.1) is 0 Å². The van der Waals surface area contributed by atoms with E-state index in [9.17, 15) is 0 Å². The van der Waals surface area contributed by atoms with Gasteiger partial charge in [0.2, 0.25) is 0 Å². The Bertz CT molecular complexity index is 1020. The Kier molecular flexibility index (Phi) is 8.42. The Morgan fingerprint density at radius 2 is 1.64 bits per heavy atom. The van der Waals surface area contributed by atoms with Crippen LogP contribution in [0.5, 0.6) is 5.75 Å². The second-order valence-corrected chi connectivity index (χ2v) is 9.81. The summed E-state index contributed by atoms with van der Waals surface area (Å²) in [6.45, 7) is 4.86. The minimum Gasteiger partial charge on any atom is -0.494 e. The molecule has 0 unspecified atom stereocenters. The van der Waals surface area contributed by atoms with Crippen molar-refractivity contribution in [3.63, 3.8) is 0 Å². The Balaban J connectivity index is 1.32. The van der Waals surface area contributed by atoms with E-state index < -0.39 is 0 Å². The van der Waals surface area contributed by atoms with Gasteiger partial charge in [0.25, 0.3) is 0 Å². The molecule has 0 radical (unpaired) electrons. The standard InChI is InChI=1S/C31H39FO/c1-3-5-6-7-23-8-13-25(14-9-23)26-15-10-24(11-16-26)12-17-27-18-19-28-22-29(33-4-2)20-21-30(28)31(27)32/h10-11,15-16,18-23,25H,3-9,12-14,17H2,1-2H3. The Labute approximate surface area is 199 Å². The summed E-state index contributed by atoms with van der Waals surface area (Å²) in [4.78, 5) is 0. The van der Waals surface area contributed by atoms with E-state index in [1.54, 1.807) is 0 Å². The van der Waals surface area contributed by atoms with Gasteiger partial charge in [-0.3, -0.25) is 0 Å². The average Bonchev–Trinajstić information content (AvgIpc) is 2.85. The molecule has 1 saturated carbocycles. The zero-order valence-corrected chi connectivity index (χ0v) is 20.4. The molecule has 1 nitrogen and oxygen atoms in total. The van der Waals surface area contributed by atoms with Crippen molar-refractivity contribution in [2.24, 2.45) is 5.92 Å². The maximum atomic E-state index is 15.1. The molecular weight excluding hydrogens is 407 g/mol. The average molecular weight is 447 g/mol. The molecule has 1 aliphatic carbocycles. The lowest BCUT2D eigenvalue weighted by atomic mass is 9.77. The molecule has 176 valence electrons. The largest absolute Gasteiger partial charge is 0.494 e. The van der Waals surface area contributed by atoms with Gasteiger partial charge in [0.05, 0.1) is 6.61 Å². The zero-order valence-electron chi connectivity index (χ0n) is 20.4. The SMILES string of the molecule is CCCCCC1CCC(c2ccc(CCc3ccc4cc(OCC)ccc4c3F)cc2)CC1. The van der Waals surface area contributed by atoms with Crippen LogP contribution in [0.4, 0.5) is 4.39 Å². The van der Waals surface area contributed by atoms with Crippen molar-refractivity contribution in [3.8, 4) is 5.75 Å². The van der Waals surface area contributed by atoms with Crippen molar-refractivity contribution in [1.29, 1.82) is 0 Å². The lowest BCUT2D eigenvalue weighted by Crippen LogP contribution is -2.13. The normalized spacial score (nSPS) is 18.5. The minimum absolute atomic E-state index is 0.0946. The van der Waals surface area contributed by atoms with Gasteiger partial charge >= 0.3 is 0 Å². The number of aryl methyl sites for hydroxylation is 2. The predicted octanol–water partition coefficient (Wildman–Crippen LogP) is 9.02. The number of fused-ring (bicyclic) bond motifs is 1. The smallest absolute Gasteiger partial charge is 0.134 e. The molecule has 0 aromatic heterocycles. The third kappa shape index (κ3) is 6.16. The summed E-state index contributed by atoms with van der Waals surface area (Å²) in [6, 6.07) is 18.7. The van der Waals surface area contributed by atoms with Crippen LogP contribution < -0.4 is 4.74 Å². The van der Waals surface area contributed by atoms with Gasteiger partial charge < -0.3 is 4.74 Å². The highest BCUT2D eigenvalue weighted by Gasteiger charge is 2.22. The summed E-state index contributed by atoms with van der Waals surface area (Å²) in [7, 11) is 0. The molecule has 0 heterocycles. The number of hydrogen-bond acceptors (Lipinski definition) is 1. The van der Waals surface area contributed by atoms with Gasteiger partial charge in [-0.05, 0) is 97.6 Å². The van der Waals surface area contributed by atoms with Crippen molar-refractivity contribution in [2.75, 3.05) is 6.61 Å². The first-order valence-corrected chi connectivity index (χ1v) is 13.1. The molecule has 0 amide bonds. The van der Waals surface area contributed by atoms with Crippen LogP contribution in [0.15, 0.2) is 54.6 Å². The monoisotopic (exact) mass is 446 g/mol. The van der Waals surface area contributed by atoms with E-state index in [1.807, 2.05) is 37.3 Å². The first-order chi connectivity index (χ1) is 16.2. The highest BCUT2D eigenvalue weighted by atomic mass is 19.1. The Morgan fingerprint density at radius 1 is 0.848 bits per heavy atom. The molecule has 0 spiro atoms. The topological polar surface area (TPSA) is 9.23 Å². The van der Waals surface area contributed by atoms with Gasteiger partial charge in [0, 0.05) is 5.39 Å². The quantitative estimate of drug-likeness (QED) is 0.282. The van der Waals surface area contributed by atoms with Gasteiger partial charge in [-0.1, -0.05) is 69.0 Å². The fourth-order valence-corrected chi connectivity index (χ4v) is 5.47. The fraction of sp³-hybridized carbons (Fsp3) is 0.484. The fourth-order valence-electron chi connectivity index (χ4n) is 5.47. The van der Waals surface area contributed by atoms with E-state index in [2.05, 4.69) is 31.2 Å². The predicted molar refractivity (Wildman–Crippen MR) is 138 cm³/mol. The molecular formula is C31H39FO. The number of hydrogen-bond donors (Lipinski definition) is 0. The molecule has 0 N–H and O–H groups in total. The molecule has 0 bridgehead atoms. The van der Waals surface area contributed by atoms with E-state index in [0.29, 0.717) is 12.0 Å². The van der Waals surface area contributed by atoms with Gasteiger partial charge in [0.15, 0.2) is 0 Å². The van der Waals surface area contributed by atoms with Crippen LogP contribution in [0.3, 0.4) is 0 Å². The van der Waals surface area contributed by atoms with Gasteiger partial charge in [-0.25, -0.2) is 4.39 Å². The van der Waals surface area contributed by atoms with Gasteiger partial charge in [-0.2, -0.15) is 0 Å². The first kappa shape index (κ1) is 23.8. The van der Waals surface area contributed by atoms with Crippen LogP contribution in [0, 0.1) is 11.7 Å². The van der Waals surface area contributed by atoms with E-state index in [-0.39, 0.29) is 5.82 Å². The van der Waals surface area contributed by atoms with Crippen molar-refractivity contribution in [2.45, 2.75) is 84.0 Å². The van der Waals surface area contributed by atoms with Crippen LogP contribution >= 0.6 is 0 Å². The molecule has 33 heavy (non-hydrogen) atoms. The third-order valence-electron chi connectivity index (χ3n) is 7.51. The Hall–Kier alpha value is -2.35. The molecule has 2 heteroatoms. The van der Waals surface area contributed by atoms with Crippen LogP contribution in [0.25, 0.3) is 10.8 Å². The van der Waals surface area contributed by atoms with E-state index in [0.717, 1.165) is 41.4 Å². The summed E-state index contributed by atoms with van der Waals surface area (Å²) < 4.78 is 20.6. The van der Waals surface area contributed by atoms with E-state index >= 15 is 4.39 Å². The molecule has 1 aliphatic rings. The second kappa shape index (κ2) is 11.7. The highest BCUT2D eigenvalue weighted by molar-refractivity contribution is 5.85. The lowest BCUT2D eigenvalue weighted by molar-refractivity contribution is 0.303. The molecule has 0 atom stereocenters. The van der Waals surface area contributed by atoms with Crippen LogP contribution in [0.1, 0.15) is 87.8 Å². The lowest BCUT2D eigenvalue weighted by Gasteiger charge is -2.29. The molecule has 4 rings (SSSR count). The number of unbranched alkanes of at least 4 members (excludes halogenated alkanes) is 2. The molecule has 0 aliphatic heterocycles. The first-order valence-electron chi connectivity index (χ1n) is 13.1. The van der Waals surface area contributed by atoms with Crippen LogP contribution in [-0.4, -0.2) is 6.61 Å². The zero-order chi connectivity index (χ0) is 23.0. The summed E-state index contributed by atoms with van der Waals surface area (Å²) >= 11 is 0. The van der Waals surface area contributed by atoms with E-state index in [1.165, 1.54) is 62.5 Å². The van der Waals surface area contributed by atoms with Crippen LogP contribution in [0.2, 0.25) is 0 Å². The van der Waals surface area contributed by atoms with Crippen molar-refractivity contribution >= 4 is 10.8 Å². The van der Waals surface area contributed by atoms with Gasteiger partial charge in [0.1, 0.15) is 11.6 Å². The summed E-state index contributed by atoms with van der Waals surface area (Å²) in [6.07, 6.45) is 12.6. The van der Waals surface area contributed by atoms with E-state index in [4.69, 9.17) is 4.74 Å². The third-order valence-corrected chi connectivity index (χ3v) is 7.51. The second-order valence-electron chi connectivity index (χ2n) is 9.81. The number of rotatable bonds is 10. The number of halogens is 1. The maximum absolute atomic E-state index is 15.1. The summed E-state index contributed by atoms with van der Waals surface area (Å²) in [5.41, 5.74) is 3.57. The Morgan fingerprint density at radius 3 is 2.36 bits per heavy atom. The molecule has 0 saturated heterocycles. The summed E-state index contributed by atoms with van der Waals surface area (Å²) in [5.74, 6) is 2.38. The van der Waals surface area contributed by atoms with Crippen LogP contribution in [-0.2, 0) is 12.8 Å². The molecule has 3 aromatic rings. The minimum atomic E-state index is -0.0946. The van der Waals surface area contributed by atoms with Crippen molar-refractivity contribution in [3.05, 3.63) is 77.1 Å². The molecule has 1 fully saturated rings.